The summed E-state index contributed by atoms with van der Waals surface area (Å²) in [4.78, 5) is 29.1. The van der Waals surface area contributed by atoms with Gasteiger partial charge in [0.25, 0.3) is 0 Å². The van der Waals surface area contributed by atoms with E-state index in [1.807, 2.05) is 87.5 Å². The van der Waals surface area contributed by atoms with Gasteiger partial charge in [-0.2, -0.15) is 0 Å². The number of carbonyl (C=O) groups excluding carboxylic acids is 2. The second-order valence-corrected chi connectivity index (χ2v) is 10.7. The SMILES string of the molecule is CC(C)(C)NC(=O)[C@H](Cc1ccccc1)N(Cc1ccccc1Cl)C(=O)CCc1ccc2c(c1)OCO2. The molecule has 1 atom stereocenters. The van der Waals surface area contributed by atoms with Crippen LogP contribution in [0.25, 0.3) is 0 Å². The van der Waals surface area contributed by atoms with Crippen LogP contribution >= 0.6 is 11.6 Å². The zero-order chi connectivity index (χ0) is 26.4. The van der Waals surface area contributed by atoms with Gasteiger partial charge in [-0.05, 0) is 62.1 Å². The van der Waals surface area contributed by atoms with Crippen LogP contribution in [0.5, 0.6) is 11.5 Å². The highest BCUT2D eigenvalue weighted by molar-refractivity contribution is 6.31. The molecule has 6 nitrogen and oxygen atoms in total. The van der Waals surface area contributed by atoms with Crippen molar-refractivity contribution in [2.24, 2.45) is 0 Å². The van der Waals surface area contributed by atoms with Gasteiger partial charge in [0, 0.05) is 29.9 Å². The van der Waals surface area contributed by atoms with Crippen molar-refractivity contribution in [2.75, 3.05) is 6.79 Å². The van der Waals surface area contributed by atoms with Crippen LogP contribution in [-0.2, 0) is 29.0 Å². The topological polar surface area (TPSA) is 67.9 Å². The molecule has 194 valence electrons. The summed E-state index contributed by atoms with van der Waals surface area (Å²) in [5.41, 5.74) is 2.29. The zero-order valence-electron chi connectivity index (χ0n) is 21.5. The van der Waals surface area contributed by atoms with Crippen LogP contribution in [0.4, 0.5) is 0 Å². The third kappa shape index (κ3) is 7.26. The Bertz CT molecular complexity index is 1240. The van der Waals surface area contributed by atoms with E-state index in [-0.39, 0.29) is 31.6 Å². The molecule has 1 aliphatic rings. The molecule has 3 aromatic rings. The summed E-state index contributed by atoms with van der Waals surface area (Å²) in [5.74, 6) is 1.07. The number of halogens is 1. The van der Waals surface area contributed by atoms with Crippen molar-refractivity contribution in [3.63, 3.8) is 0 Å². The molecule has 0 unspecified atom stereocenters. The molecule has 3 aromatic carbocycles. The number of ether oxygens (including phenoxy) is 2. The van der Waals surface area contributed by atoms with Crippen molar-refractivity contribution in [1.82, 2.24) is 10.2 Å². The summed E-state index contributed by atoms with van der Waals surface area (Å²) in [6.45, 7) is 6.24. The lowest BCUT2D eigenvalue weighted by Gasteiger charge is -2.34. The Morgan fingerprint density at radius 1 is 0.946 bits per heavy atom. The van der Waals surface area contributed by atoms with E-state index in [0.717, 1.165) is 16.7 Å². The van der Waals surface area contributed by atoms with Crippen LogP contribution in [0.15, 0.2) is 72.8 Å². The molecule has 0 fully saturated rings. The van der Waals surface area contributed by atoms with Gasteiger partial charge in [-0.1, -0.05) is 66.2 Å². The van der Waals surface area contributed by atoms with Crippen molar-refractivity contribution >= 4 is 23.4 Å². The Morgan fingerprint density at radius 3 is 2.38 bits per heavy atom. The lowest BCUT2D eigenvalue weighted by Crippen LogP contribution is -2.54. The van der Waals surface area contributed by atoms with Gasteiger partial charge in [-0.15, -0.1) is 0 Å². The van der Waals surface area contributed by atoms with Gasteiger partial charge in [0.05, 0.1) is 0 Å². The van der Waals surface area contributed by atoms with E-state index >= 15 is 0 Å². The molecule has 0 radical (unpaired) electrons. The Morgan fingerprint density at radius 2 is 1.65 bits per heavy atom. The number of hydrogen-bond donors (Lipinski definition) is 1. The number of fused-ring (bicyclic) bond motifs is 1. The molecule has 1 heterocycles. The van der Waals surface area contributed by atoms with Crippen molar-refractivity contribution in [3.8, 4) is 11.5 Å². The van der Waals surface area contributed by atoms with Gasteiger partial charge in [0.1, 0.15) is 6.04 Å². The van der Waals surface area contributed by atoms with Crippen molar-refractivity contribution in [2.45, 2.75) is 58.2 Å². The number of carbonyl (C=O) groups is 2. The van der Waals surface area contributed by atoms with E-state index in [1.54, 1.807) is 11.0 Å². The predicted molar refractivity (Wildman–Crippen MR) is 145 cm³/mol. The number of nitrogens with zero attached hydrogens (tertiary/aromatic N) is 1. The Balaban J connectivity index is 1.62. The van der Waals surface area contributed by atoms with Crippen LogP contribution in [0.1, 0.15) is 43.9 Å². The van der Waals surface area contributed by atoms with E-state index in [0.29, 0.717) is 29.4 Å². The largest absolute Gasteiger partial charge is 0.454 e. The van der Waals surface area contributed by atoms with Gasteiger partial charge < -0.3 is 19.7 Å². The first-order chi connectivity index (χ1) is 17.7. The highest BCUT2D eigenvalue weighted by atomic mass is 35.5. The van der Waals surface area contributed by atoms with E-state index in [4.69, 9.17) is 21.1 Å². The van der Waals surface area contributed by atoms with Crippen LogP contribution in [-0.4, -0.2) is 35.1 Å². The fourth-order valence-electron chi connectivity index (χ4n) is 4.31. The molecule has 7 heteroatoms. The lowest BCUT2D eigenvalue weighted by molar-refractivity contribution is -0.141. The van der Waals surface area contributed by atoms with E-state index in [2.05, 4.69) is 5.32 Å². The minimum absolute atomic E-state index is 0.123. The monoisotopic (exact) mass is 520 g/mol. The first-order valence-electron chi connectivity index (χ1n) is 12.5. The summed E-state index contributed by atoms with van der Waals surface area (Å²) in [7, 11) is 0. The molecule has 0 aromatic heterocycles. The summed E-state index contributed by atoms with van der Waals surface area (Å²) in [6.07, 6.45) is 1.13. The highest BCUT2D eigenvalue weighted by Gasteiger charge is 2.32. The minimum atomic E-state index is -0.706. The standard InChI is InChI=1S/C30H33ClN2O4/c1-30(2,3)32-29(35)25(17-21-9-5-4-6-10-21)33(19-23-11-7-8-12-24(23)31)28(34)16-14-22-13-15-26-27(18-22)37-20-36-26/h4-13,15,18,25H,14,16-17,19-20H2,1-3H3,(H,32,35)/t25-/m0/s1. The first-order valence-corrected chi connectivity index (χ1v) is 12.8. The third-order valence-electron chi connectivity index (χ3n) is 6.13. The number of aryl methyl sites for hydroxylation is 1. The Labute approximate surface area is 223 Å². The maximum atomic E-state index is 13.8. The molecular formula is C30H33ClN2O4. The first kappa shape index (κ1) is 26.6. The molecule has 4 rings (SSSR count). The van der Waals surface area contributed by atoms with Gasteiger partial charge in [-0.25, -0.2) is 0 Å². The average molecular weight is 521 g/mol. The molecule has 1 aliphatic heterocycles. The lowest BCUT2D eigenvalue weighted by atomic mass is 9.99. The summed E-state index contributed by atoms with van der Waals surface area (Å²) in [6, 6.07) is 22.2. The number of amides is 2. The van der Waals surface area contributed by atoms with Gasteiger partial charge in [0.2, 0.25) is 18.6 Å². The predicted octanol–water partition coefficient (Wildman–Crippen LogP) is 5.56. The minimum Gasteiger partial charge on any atom is -0.454 e. The second kappa shape index (κ2) is 11.7. The van der Waals surface area contributed by atoms with Crippen LogP contribution in [0.2, 0.25) is 5.02 Å². The normalized spacial score (nSPS) is 13.2. The Kier molecular flexibility index (Phi) is 8.39. The van der Waals surface area contributed by atoms with E-state index in [1.165, 1.54) is 0 Å². The van der Waals surface area contributed by atoms with Gasteiger partial charge in [-0.3, -0.25) is 9.59 Å². The fraction of sp³-hybridized carbons (Fsp3) is 0.333. The van der Waals surface area contributed by atoms with Crippen LogP contribution in [0.3, 0.4) is 0 Å². The quantitative estimate of drug-likeness (QED) is 0.401. The van der Waals surface area contributed by atoms with E-state index < -0.39 is 11.6 Å². The van der Waals surface area contributed by atoms with Crippen LogP contribution in [0, 0.1) is 0 Å². The van der Waals surface area contributed by atoms with Gasteiger partial charge >= 0.3 is 0 Å². The van der Waals surface area contributed by atoms with E-state index in [9.17, 15) is 9.59 Å². The maximum Gasteiger partial charge on any atom is 0.243 e. The Hall–Kier alpha value is -3.51. The molecule has 0 spiro atoms. The smallest absolute Gasteiger partial charge is 0.243 e. The molecule has 0 saturated carbocycles. The fourth-order valence-corrected chi connectivity index (χ4v) is 4.50. The number of nitrogens with one attached hydrogen (secondary N) is 1. The average Bonchev–Trinajstić information content (AvgIpc) is 3.33. The highest BCUT2D eigenvalue weighted by Crippen LogP contribution is 2.33. The summed E-state index contributed by atoms with van der Waals surface area (Å²) >= 11 is 6.49. The van der Waals surface area contributed by atoms with Crippen LogP contribution < -0.4 is 14.8 Å². The zero-order valence-corrected chi connectivity index (χ0v) is 22.3. The second-order valence-electron chi connectivity index (χ2n) is 10.2. The molecule has 1 N–H and O–H groups in total. The summed E-state index contributed by atoms with van der Waals surface area (Å²) < 4.78 is 10.9. The molecular weight excluding hydrogens is 488 g/mol. The third-order valence-corrected chi connectivity index (χ3v) is 6.50. The van der Waals surface area contributed by atoms with Crippen molar-refractivity contribution in [1.29, 1.82) is 0 Å². The maximum absolute atomic E-state index is 13.8. The number of rotatable bonds is 9. The molecule has 0 aliphatic carbocycles. The molecule has 2 amide bonds. The summed E-state index contributed by atoms with van der Waals surface area (Å²) in [5, 5.41) is 3.64. The molecule has 0 bridgehead atoms. The van der Waals surface area contributed by atoms with Crippen molar-refractivity contribution in [3.05, 3.63) is 94.5 Å². The number of benzene rings is 3. The molecule has 0 saturated heterocycles. The van der Waals surface area contributed by atoms with Gasteiger partial charge in [0.15, 0.2) is 11.5 Å². The molecule has 37 heavy (non-hydrogen) atoms. The van der Waals surface area contributed by atoms with Crippen molar-refractivity contribution < 1.29 is 19.1 Å². The number of hydrogen-bond acceptors (Lipinski definition) is 4.